The average molecular weight is 436 g/mol. The Morgan fingerprint density at radius 2 is 1.87 bits per heavy atom. The molecular weight excluding hydrogens is 414 g/mol. The lowest BCUT2D eigenvalue weighted by atomic mass is 10.1. The summed E-state index contributed by atoms with van der Waals surface area (Å²) >= 11 is 1.30. The van der Waals surface area contributed by atoms with Crippen molar-refractivity contribution in [2.24, 2.45) is 0 Å². The van der Waals surface area contributed by atoms with Gasteiger partial charge in [0.25, 0.3) is 5.56 Å². The molecule has 3 heterocycles. The molecule has 1 N–H and O–H groups in total. The Morgan fingerprint density at radius 3 is 2.58 bits per heavy atom. The van der Waals surface area contributed by atoms with E-state index in [0.29, 0.717) is 22.5 Å². The number of Topliss-reactive ketones (excluding diaryl/α,β-unsaturated/α-hetero) is 1. The molecule has 8 nitrogen and oxygen atoms in total. The minimum absolute atomic E-state index is 0.114. The summed E-state index contributed by atoms with van der Waals surface area (Å²) in [7, 11) is 0. The third kappa shape index (κ3) is 4.31. The summed E-state index contributed by atoms with van der Waals surface area (Å²) in [5.41, 5.74) is 3.15. The van der Waals surface area contributed by atoms with Crippen LogP contribution in [0.25, 0.3) is 16.7 Å². The van der Waals surface area contributed by atoms with E-state index in [9.17, 15) is 14.4 Å². The van der Waals surface area contributed by atoms with Crippen LogP contribution in [0.4, 0.5) is 0 Å². The Morgan fingerprint density at radius 1 is 1.13 bits per heavy atom. The first kappa shape index (κ1) is 20.7. The molecule has 4 aromatic rings. The zero-order valence-electron chi connectivity index (χ0n) is 17.4. The van der Waals surface area contributed by atoms with E-state index in [4.69, 9.17) is 0 Å². The maximum atomic E-state index is 12.9. The molecular formula is C22H21N5O3S. The van der Waals surface area contributed by atoms with Gasteiger partial charge in [-0.3, -0.25) is 19.0 Å². The van der Waals surface area contributed by atoms with E-state index in [1.807, 2.05) is 26.0 Å². The molecule has 0 fully saturated rings. The molecule has 0 saturated carbocycles. The Hall–Kier alpha value is -3.59. The maximum absolute atomic E-state index is 12.9. The summed E-state index contributed by atoms with van der Waals surface area (Å²) in [6, 6.07) is 9.52. The zero-order valence-corrected chi connectivity index (χ0v) is 18.2. The van der Waals surface area contributed by atoms with Crippen LogP contribution in [0.15, 0.2) is 47.7 Å². The van der Waals surface area contributed by atoms with Gasteiger partial charge in [0, 0.05) is 11.8 Å². The second kappa shape index (κ2) is 8.27. The Bertz CT molecular complexity index is 1340. The molecule has 0 bridgehead atoms. The first-order valence-electron chi connectivity index (χ1n) is 9.70. The van der Waals surface area contributed by atoms with E-state index in [1.165, 1.54) is 35.4 Å². The number of hydrogen-bond acceptors (Lipinski definition) is 6. The van der Waals surface area contributed by atoms with Crippen molar-refractivity contribution in [3.05, 3.63) is 74.1 Å². The van der Waals surface area contributed by atoms with Crippen molar-refractivity contribution in [2.75, 3.05) is 0 Å². The molecule has 0 aliphatic rings. The molecule has 0 unspecified atom stereocenters. The predicted molar refractivity (Wildman–Crippen MR) is 119 cm³/mol. The van der Waals surface area contributed by atoms with Crippen LogP contribution in [0.5, 0.6) is 0 Å². The molecule has 0 radical (unpaired) electrons. The molecule has 0 aliphatic carbocycles. The number of benzene rings is 1. The fourth-order valence-corrected chi connectivity index (χ4v) is 4.27. The number of ketones is 1. The lowest BCUT2D eigenvalue weighted by Gasteiger charge is -2.07. The van der Waals surface area contributed by atoms with Gasteiger partial charge in [-0.15, -0.1) is 11.3 Å². The molecule has 9 heteroatoms. The van der Waals surface area contributed by atoms with Crippen molar-refractivity contribution in [2.45, 2.75) is 33.9 Å². The van der Waals surface area contributed by atoms with Crippen LogP contribution in [0.1, 0.15) is 32.6 Å². The monoisotopic (exact) mass is 435 g/mol. The second-order valence-corrected chi connectivity index (χ2v) is 8.58. The molecule has 0 atom stereocenters. The Kier molecular flexibility index (Phi) is 5.51. The second-order valence-electron chi connectivity index (χ2n) is 7.42. The average Bonchev–Trinajstić information content (AvgIpc) is 3.35. The number of amides is 1. The van der Waals surface area contributed by atoms with Crippen molar-refractivity contribution in [1.29, 1.82) is 0 Å². The first-order valence-corrected chi connectivity index (χ1v) is 10.5. The topological polar surface area (TPSA) is 98.9 Å². The van der Waals surface area contributed by atoms with Gasteiger partial charge in [-0.25, -0.2) is 9.67 Å². The van der Waals surface area contributed by atoms with Gasteiger partial charge in [0.1, 0.15) is 11.7 Å². The quantitative estimate of drug-likeness (QED) is 0.470. The summed E-state index contributed by atoms with van der Waals surface area (Å²) in [6.07, 6.45) is 2.87. The summed E-state index contributed by atoms with van der Waals surface area (Å²) in [6.45, 7) is 5.70. The van der Waals surface area contributed by atoms with Gasteiger partial charge >= 0.3 is 0 Å². The molecule has 0 aliphatic heterocycles. The van der Waals surface area contributed by atoms with Gasteiger partial charge in [0.15, 0.2) is 11.4 Å². The summed E-state index contributed by atoms with van der Waals surface area (Å²) in [4.78, 5) is 42.4. The minimum atomic E-state index is -0.316. The minimum Gasteiger partial charge on any atom is -0.351 e. The van der Waals surface area contributed by atoms with E-state index in [1.54, 1.807) is 16.8 Å². The molecule has 31 heavy (non-hydrogen) atoms. The van der Waals surface area contributed by atoms with Crippen LogP contribution in [0.2, 0.25) is 0 Å². The van der Waals surface area contributed by atoms with Crippen LogP contribution < -0.4 is 10.9 Å². The Balaban J connectivity index is 1.60. The Labute approximate surface area is 182 Å². The van der Waals surface area contributed by atoms with Crippen molar-refractivity contribution in [3.8, 4) is 5.69 Å². The third-order valence-corrected chi connectivity index (χ3v) is 5.89. The predicted octanol–water partition coefficient (Wildman–Crippen LogP) is 2.78. The lowest BCUT2D eigenvalue weighted by Crippen LogP contribution is -2.24. The van der Waals surface area contributed by atoms with Crippen LogP contribution in [0, 0.1) is 13.8 Å². The van der Waals surface area contributed by atoms with E-state index >= 15 is 0 Å². The number of aryl methyl sites for hydroxylation is 2. The summed E-state index contributed by atoms with van der Waals surface area (Å²) in [5.74, 6) is -0.322. The molecule has 3 aromatic heterocycles. The van der Waals surface area contributed by atoms with E-state index < -0.39 is 0 Å². The van der Waals surface area contributed by atoms with Gasteiger partial charge in [-0.05, 0) is 49.2 Å². The molecule has 4 rings (SSSR count). The fourth-order valence-electron chi connectivity index (χ4n) is 3.39. The standard InChI is InChI=1S/C22H21N5O3S/c1-13-6-14(2)8-16(7-13)27-21-18(10-25-27)22(30)26(12-24-21)11-19(29)20-5-4-17(31-20)9-23-15(3)28/h4-8,10,12H,9,11H2,1-3H3,(H,23,28). The van der Waals surface area contributed by atoms with Crippen molar-refractivity contribution in [1.82, 2.24) is 24.6 Å². The number of aromatic nitrogens is 4. The van der Waals surface area contributed by atoms with Crippen molar-refractivity contribution >= 4 is 34.1 Å². The smallest absolute Gasteiger partial charge is 0.264 e. The van der Waals surface area contributed by atoms with Gasteiger partial charge < -0.3 is 5.32 Å². The number of fused-ring (bicyclic) bond motifs is 1. The summed E-state index contributed by atoms with van der Waals surface area (Å²) < 4.78 is 2.93. The largest absolute Gasteiger partial charge is 0.351 e. The van der Waals surface area contributed by atoms with Gasteiger partial charge in [0.05, 0.1) is 29.9 Å². The highest BCUT2D eigenvalue weighted by molar-refractivity contribution is 7.14. The third-order valence-electron chi connectivity index (χ3n) is 4.77. The van der Waals surface area contributed by atoms with Crippen molar-refractivity contribution < 1.29 is 9.59 Å². The fraction of sp³-hybridized carbons (Fsp3) is 0.227. The van der Waals surface area contributed by atoms with Gasteiger partial charge in [0.2, 0.25) is 5.91 Å². The number of rotatable bonds is 6. The van der Waals surface area contributed by atoms with Crippen LogP contribution in [0.3, 0.4) is 0 Å². The van der Waals surface area contributed by atoms with Crippen molar-refractivity contribution in [3.63, 3.8) is 0 Å². The number of carbonyl (C=O) groups is 2. The molecule has 158 valence electrons. The highest BCUT2D eigenvalue weighted by atomic mass is 32.1. The van der Waals surface area contributed by atoms with E-state index in [-0.39, 0.29) is 23.8 Å². The maximum Gasteiger partial charge on any atom is 0.264 e. The number of carbonyl (C=O) groups excluding carboxylic acids is 2. The van der Waals surface area contributed by atoms with Crippen LogP contribution >= 0.6 is 11.3 Å². The van der Waals surface area contributed by atoms with Crippen LogP contribution in [-0.2, 0) is 17.9 Å². The highest BCUT2D eigenvalue weighted by Gasteiger charge is 2.15. The number of nitrogens with one attached hydrogen (secondary N) is 1. The van der Waals surface area contributed by atoms with E-state index in [2.05, 4.69) is 21.5 Å². The zero-order chi connectivity index (χ0) is 22.1. The lowest BCUT2D eigenvalue weighted by molar-refractivity contribution is -0.119. The summed E-state index contributed by atoms with van der Waals surface area (Å²) in [5, 5.41) is 7.40. The first-order chi connectivity index (χ1) is 14.8. The van der Waals surface area contributed by atoms with Gasteiger partial charge in [-0.2, -0.15) is 5.10 Å². The number of hydrogen-bond donors (Lipinski definition) is 1. The molecule has 1 amide bonds. The SMILES string of the molecule is CC(=O)NCc1ccc(C(=O)Cn2cnc3c(cnn3-c3cc(C)cc(C)c3)c2=O)s1. The van der Waals surface area contributed by atoms with E-state index in [0.717, 1.165) is 21.7 Å². The molecule has 0 spiro atoms. The number of thiophene rings is 1. The molecule has 0 saturated heterocycles. The molecule has 1 aromatic carbocycles. The van der Waals surface area contributed by atoms with Crippen LogP contribution in [-0.4, -0.2) is 31.0 Å². The highest BCUT2D eigenvalue weighted by Crippen LogP contribution is 2.19. The van der Waals surface area contributed by atoms with Gasteiger partial charge in [-0.1, -0.05) is 6.07 Å². The normalized spacial score (nSPS) is 11.1. The number of nitrogens with zero attached hydrogens (tertiary/aromatic N) is 4.